The highest BCUT2D eigenvalue weighted by Gasteiger charge is 2.30. The van der Waals surface area contributed by atoms with Crippen LogP contribution in [0.1, 0.15) is 50.0 Å². The molecule has 228 valence electrons. The number of carbonyl (C=O) groups is 2. The van der Waals surface area contributed by atoms with Gasteiger partial charge in [0.15, 0.2) is 0 Å². The summed E-state index contributed by atoms with van der Waals surface area (Å²) in [5.41, 5.74) is 2.30. The quantitative estimate of drug-likeness (QED) is 0.115. The second-order valence-electron chi connectivity index (χ2n) is 9.68. The Kier molecular flexibility index (Phi) is 15.4. The maximum atomic E-state index is 13.3. The van der Waals surface area contributed by atoms with Crippen LogP contribution < -0.4 is 10.2 Å². The van der Waals surface area contributed by atoms with Crippen LogP contribution in [0.5, 0.6) is 0 Å². The first kappa shape index (κ1) is 33.5. The second kappa shape index (κ2) is 19.3. The molecule has 1 aliphatic rings. The number of amides is 2. The summed E-state index contributed by atoms with van der Waals surface area (Å²) < 4.78 is 11.1. The van der Waals surface area contributed by atoms with Gasteiger partial charge in [0.25, 0.3) is 5.91 Å². The lowest BCUT2D eigenvalue weighted by Crippen LogP contribution is -2.41. The SMILES string of the molecule is CCN(CC)c1ccc(/C=C2N=C(/C=C/c3cccs3)N(CC(=O)NCCOCCOCCCCCCCl)C\2=O)cc1. The molecule has 0 unspecified atom stereocenters. The first-order valence-corrected chi connectivity index (χ1v) is 16.1. The van der Waals surface area contributed by atoms with Crippen molar-refractivity contribution in [1.82, 2.24) is 10.2 Å². The van der Waals surface area contributed by atoms with Crippen LogP contribution in [0.25, 0.3) is 12.2 Å². The third-order valence-corrected chi connectivity index (χ3v) is 7.76. The fourth-order valence-corrected chi connectivity index (χ4v) is 5.16. The van der Waals surface area contributed by atoms with Gasteiger partial charge in [-0.15, -0.1) is 22.9 Å². The van der Waals surface area contributed by atoms with Gasteiger partial charge < -0.3 is 19.7 Å². The average Bonchev–Trinajstić information content (AvgIpc) is 3.62. The molecule has 8 nitrogen and oxygen atoms in total. The fraction of sp³-hybridized carbons (Fsp3) is 0.469. The zero-order valence-electron chi connectivity index (χ0n) is 24.7. The number of nitrogens with zero attached hydrogens (tertiary/aromatic N) is 3. The summed E-state index contributed by atoms with van der Waals surface area (Å²) in [7, 11) is 0. The number of aliphatic imine (C=N–C) groups is 1. The van der Waals surface area contributed by atoms with Crippen molar-refractivity contribution in [3.63, 3.8) is 0 Å². The third-order valence-electron chi connectivity index (χ3n) is 6.66. The van der Waals surface area contributed by atoms with Gasteiger partial charge in [0.05, 0.1) is 19.8 Å². The number of hydrogen-bond acceptors (Lipinski definition) is 7. The number of anilines is 1. The van der Waals surface area contributed by atoms with Crippen LogP contribution in [0.3, 0.4) is 0 Å². The molecule has 2 heterocycles. The van der Waals surface area contributed by atoms with E-state index < -0.39 is 0 Å². The van der Waals surface area contributed by atoms with E-state index in [1.54, 1.807) is 23.5 Å². The Morgan fingerprint density at radius 3 is 2.43 bits per heavy atom. The molecule has 0 saturated carbocycles. The highest BCUT2D eigenvalue weighted by atomic mass is 35.5. The Hall–Kier alpha value is -2.98. The molecule has 10 heteroatoms. The molecule has 0 atom stereocenters. The molecule has 3 rings (SSSR count). The zero-order chi connectivity index (χ0) is 30.0. The number of hydrogen-bond donors (Lipinski definition) is 1. The van der Waals surface area contributed by atoms with Crippen LogP contribution in [0, 0.1) is 0 Å². The first-order chi connectivity index (χ1) is 20.5. The van der Waals surface area contributed by atoms with Gasteiger partial charge in [-0.25, -0.2) is 4.99 Å². The molecule has 42 heavy (non-hydrogen) atoms. The van der Waals surface area contributed by atoms with E-state index in [0.717, 1.165) is 61.5 Å². The van der Waals surface area contributed by atoms with Crippen molar-refractivity contribution in [1.29, 1.82) is 0 Å². The Bertz CT molecular complexity index is 1180. The number of halogens is 1. The first-order valence-electron chi connectivity index (χ1n) is 14.7. The Morgan fingerprint density at radius 2 is 1.74 bits per heavy atom. The molecular formula is C32H43ClN4O4S. The van der Waals surface area contributed by atoms with Gasteiger partial charge in [0.1, 0.15) is 18.1 Å². The van der Waals surface area contributed by atoms with Gasteiger partial charge in [0, 0.05) is 42.7 Å². The van der Waals surface area contributed by atoms with Crippen LogP contribution in [-0.2, 0) is 19.1 Å². The summed E-state index contributed by atoms with van der Waals surface area (Å²) in [6, 6.07) is 12.0. The van der Waals surface area contributed by atoms with E-state index in [-0.39, 0.29) is 18.4 Å². The summed E-state index contributed by atoms with van der Waals surface area (Å²) in [5.74, 6) is 0.568. The predicted molar refractivity (Wildman–Crippen MR) is 174 cm³/mol. The molecule has 2 amide bonds. The molecule has 0 aliphatic carbocycles. The predicted octanol–water partition coefficient (Wildman–Crippen LogP) is 5.84. The van der Waals surface area contributed by atoms with E-state index in [4.69, 9.17) is 21.1 Å². The number of amidine groups is 1. The lowest BCUT2D eigenvalue weighted by atomic mass is 10.1. The van der Waals surface area contributed by atoms with Gasteiger partial charge in [-0.3, -0.25) is 14.5 Å². The Morgan fingerprint density at radius 1 is 1.00 bits per heavy atom. The lowest BCUT2D eigenvalue weighted by molar-refractivity contribution is -0.129. The zero-order valence-corrected chi connectivity index (χ0v) is 26.3. The molecule has 0 fully saturated rings. The maximum Gasteiger partial charge on any atom is 0.278 e. The molecule has 2 aromatic rings. The number of thiophene rings is 1. The Balaban J connectivity index is 1.51. The molecule has 1 N–H and O–H groups in total. The highest BCUT2D eigenvalue weighted by molar-refractivity contribution is 7.10. The normalized spacial score (nSPS) is 14.3. The van der Waals surface area contributed by atoms with Crippen LogP contribution in [0.15, 0.2) is 58.5 Å². The molecule has 1 aromatic carbocycles. The minimum Gasteiger partial charge on any atom is -0.379 e. The molecule has 1 aliphatic heterocycles. The average molecular weight is 615 g/mol. The number of benzene rings is 1. The van der Waals surface area contributed by atoms with Crippen molar-refractivity contribution in [2.45, 2.75) is 39.5 Å². The molecular weight excluding hydrogens is 572 g/mol. The van der Waals surface area contributed by atoms with Crippen LogP contribution in [-0.4, -0.2) is 81.0 Å². The summed E-state index contributed by atoms with van der Waals surface area (Å²) >= 11 is 7.27. The van der Waals surface area contributed by atoms with Crippen molar-refractivity contribution in [2.75, 3.05) is 63.4 Å². The van der Waals surface area contributed by atoms with Crippen molar-refractivity contribution in [2.24, 2.45) is 4.99 Å². The molecule has 0 saturated heterocycles. The van der Waals surface area contributed by atoms with Gasteiger partial charge in [0.2, 0.25) is 5.91 Å². The van der Waals surface area contributed by atoms with E-state index in [0.29, 0.717) is 43.8 Å². The van der Waals surface area contributed by atoms with Crippen molar-refractivity contribution >= 4 is 58.4 Å². The number of carbonyl (C=O) groups excluding carboxylic acids is 2. The second-order valence-corrected chi connectivity index (χ2v) is 11.0. The largest absolute Gasteiger partial charge is 0.379 e. The van der Waals surface area contributed by atoms with Gasteiger partial charge in [-0.2, -0.15) is 0 Å². The van der Waals surface area contributed by atoms with Crippen molar-refractivity contribution < 1.29 is 19.1 Å². The monoisotopic (exact) mass is 614 g/mol. The van der Waals surface area contributed by atoms with Gasteiger partial charge in [-0.1, -0.05) is 31.0 Å². The molecule has 0 spiro atoms. The Labute approximate surface area is 259 Å². The topological polar surface area (TPSA) is 83.5 Å². The van der Waals surface area contributed by atoms with E-state index >= 15 is 0 Å². The standard InChI is InChI=1S/C32H43ClN4O4S/c1-3-36(4-2)27-13-11-26(12-14-27)24-29-32(39)37(30(35-29)16-15-28-10-9-23-42-28)25-31(38)34-18-20-41-22-21-40-19-8-6-5-7-17-33/h9-16,23-24H,3-8,17-22,25H2,1-2H3,(H,34,38)/b16-15+,29-24-. The van der Waals surface area contributed by atoms with Crippen LogP contribution in [0.2, 0.25) is 0 Å². The molecule has 1 aromatic heterocycles. The van der Waals surface area contributed by atoms with Crippen molar-refractivity contribution in [3.8, 4) is 0 Å². The van der Waals surface area contributed by atoms with Crippen LogP contribution in [0.4, 0.5) is 5.69 Å². The van der Waals surface area contributed by atoms with Crippen molar-refractivity contribution in [3.05, 3.63) is 64.0 Å². The summed E-state index contributed by atoms with van der Waals surface area (Å²) in [6.45, 7) is 8.39. The number of ether oxygens (including phenoxy) is 2. The smallest absolute Gasteiger partial charge is 0.278 e. The lowest BCUT2D eigenvalue weighted by Gasteiger charge is -2.20. The number of unbranched alkanes of at least 4 members (excludes halogenated alkanes) is 3. The van der Waals surface area contributed by atoms with Gasteiger partial charge in [-0.05, 0) is 74.1 Å². The van der Waals surface area contributed by atoms with Crippen LogP contribution >= 0.6 is 22.9 Å². The molecule has 0 bridgehead atoms. The minimum atomic E-state index is -0.306. The maximum absolute atomic E-state index is 13.3. The number of alkyl halides is 1. The van der Waals surface area contributed by atoms with Gasteiger partial charge >= 0.3 is 0 Å². The summed E-state index contributed by atoms with van der Waals surface area (Å²) in [5, 5.41) is 4.82. The number of rotatable bonds is 20. The van der Waals surface area contributed by atoms with E-state index in [9.17, 15) is 9.59 Å². The summed E-state index contributed by atoms with van der Waals surface area (Å²) in [6.07, 6.45) is 9.77. The van der Waals surface area contributed by atoms with E-state index in [1.807, 2.05) is 47.9 Å². The number of nitrogens with one attached hydrogen (secondary N) is 1. The fourth-order valence-electron chi connectivity index (χ4n) is 4.35. The minimum absolute atomic E-state index is 0.127. The summed E-state index contributed by atoms with van der Waals surface area (Å²) in [4.78, 5) is 35.4. The third kappa shape index (κ3) is 11.4. The van der Waals surface area contributed by atoms with E-state index in [2.05, 4.69) is 29.1 Å². The van der Waals surface area contributed by atoms with E-state index in [1.165, 1.54) is 4.90 Å². The highest BCUT2D eigenvalue weighted by Crippen LogP contribution is 2.22. The molecule has 0 radical (unpaired) electrons.